The molecular weight excluding hydrogens is 179 g/mol. The van der Waals surface area contributed by atoms with E-state index in [-0.39, 0.29) is 0 Å². The molecule has 1 aromatic heterocycles. The first-order valence-corrected chi connectivity index (χ1v) is 4.59. The number of rotatable bonds is 1. The van der Waals surface area contributed by atoms with Crippen molar-refractivity contribution in [3.63, 3.8) is 0 Å². The summed E-state index contributed by atoms with van der Waals surface area (Å²) in [6, 6.07) is 5.80. The van der Waals surface area contributed by atoms with Crippen molar-refractivity contribution in [2.45, 2.75) is 19.8 Å². The van der Waals surface area contributed by atoms with Gasteiger partial charge in [0.1, 0.15) is 0 Å². The average molecular weight is 190 g/mol. The fourth-order valence-corrected chi connectivity index (χ4v) is 1.39. The minimum Gasteiger partial charge on any atom is -0.210 e. The molecule has 2 aromatic rings. The Hall–Kier alpha value is -1.51. The quantitative estimate of drug-likeness (QED) is 0.646. The topological polar surface area (TPSA) is 25.8 Å². The Morgan fingerprint density at radius 3 is 2.79 bits per heavy atom. The first kappa shape index (κ1) is 9.06. The summed E-state index contributed by atoms with van der Waals surface area (Å²) in [5.41, 5.74) is 1.87. The number of fused-ring (bicyclic) bond motifs is 1. The first-order chi connectivity index (χ1) is 6.66. The zero-order chi connectivity index (χ0) is 10.1. The van der Waals surface area contributed by atoms with Gasteiger partial charge in [0.05, 0.1) is 5.52 Å². The lowest BCUT2D eigenvalue weighted by Gasteiger charge is -2.05. The molecule has 0 fully saturated rings. The lowest BCUT2D eigenvalue weighted by molar-refractivity contribution is 0.544. The molecule has 0 aliphatic rings. The van der Waals surface area contributed by atoms with Gasteiger partial charge in [-0.15, -0.1) is 0 Å². The maximum atomic E-state index is 12.7. The Kier molecular flexibility index (Phi) is 2.15. The van der Waals surface area contributed by atoms with Gasteiger partial charge in [0, 0.05) is 11.6 Å². The van der Waals surface area contributed by atoms with E-state index in [0.717, 1.165) is 5.39 Å². The Labute approximate surface area is 81.8 Å². The summed E-state index contributed by atoms with van der Waals surface area (Å²) in [5.74, 6) is 0.462. The van der Waals surface area contributed by atoms with E-state index in [1.807, 2.05) is 18.2 Å². The Balaban J connectivity index is 2.62. The highest BCUT2D eigenvalue weighted by molar-refractivity contribution is 5.78. The number of aromatic nitrogens is 2. The molecule has 0 atom stereocenters. The normalized spacial score (nSPS) is 11.1. The van der Waals surface area contributed by atoms with Gasteiger partial charge >= 0.3 is 6.08 Å². The Morgan fingerprint density at radius 1 is 1.29 bits per heavy atom. The maximum absolute atomic E-state index is 12.7. The molecule has 0 bridgehead atoms. The monoisotopic (exact) mass is 190 g/mol. The fourth-order valence-electron chi connectivity index (χ4n) is 1.39. The van der Waals surface area contributed by atoms with E-state index in [4.69, 9.17) is 0 Å². The summed E-state index contributed by atoms with van der Waals surface area (Å²) in [4.78, 5) is 7.23. The van der Waals surface area contributed by atoms with E-state index in [1.54, 1.807) is 0 Å². The molecular formula is C11H11FN2. The molecule has 72 valence electrons. The summed E-state index contributed by atoms with van der Waals surface area (Å²) in [5, 5.41) is 0.887. The molecule has 0 saturated heterocycles. The lowest BCUT2D eigenvalue weighted by atomic mass is 10.0. The Bertz CT molecular complexity index is 466. The van der Waals surface area contributed by atoms with Gasteiger partial charge in [-0.2, -0.15) is 4.39 Å². The highest BCUT2D eigenvalue weighted by Crippen LogP contribution is 2.19. The molecule has 1 heterocycles. The van der Waals surface area contributed by atoms with Gasteiger partial charge in [-0.3, -0.25) is 0 Å². The van der Waals surface area contributed by atoms with E-state index in [2.05, 4.69) is 23.8 Å². The van der Waals surface area contributed by atoms with Crippen LogP contribution in [-0.4, -0.2) is 9.97 Å². The van der Waals surface area contributed by atoms with Crippen LogP contribution in [0.1, 0.15) is 25.3 Å². The van der Waals surface area contributed by atoms with Gasteiger partial charge in [-0.1, -0.05) is 19.9 Å². The maximum Gasteiger partial charge on any atom is 0.309 e. The summed E-state index contributed by atoms with van der Waals surface area (Å²) in [7, 11) is 0. The zero-order valence-electron chi connectivity index (χ0n) is 8.16. The van der Waals surface area contributed by atoms with Crippen molar-refractivity contribution in [1.82, 2.24) is 9.97 Å². The van der Waals surface area contributed by atoms with Crippen LogP contribution in [0.3, 0.4) is 0 Å². The molecule has 14 heavy (non-hydrogen) atoms. The SMILES string of the molecule is CC(C)c1ccc2nc(F)ncc2c1. The van der Waals surface area contributed by atoms with Gasteiger partial charge < -0.3 is 0 Å². The minimum atomic E-state index is -0.671. The number of halogens is 1. The molecule has 0 radical (unpaired) electrons. The van der Waals surface area contributed by atoms with Gasteiger partial charge in [0.15, 0.2) is 0 Å². The summed E-state index contributed by atoms with van der Waals surface area (Å²) in [6.45, 7) is 4.23. The van der Waals surface area contributed by atoms with Crippen molar-refractivity contribution in [1.29, 1.82) is 0 Å². The molecule has 0 amide bonds. The highest BCUT2D eigenvalue weighted by Gasteiger charge is 2.02. The van der Waals surface area contributed by atoms with Crippen molar-refractivity contribution in [3.8, 4) is 0 Å². The van der Waals surface area contributed by atoms with Crippen molar-refractivity contribution < 1.29 is 4.39 Å². The van der Waals surface area contributed by atoms with Crippen LogP contribution in [0, 0.1) is 6.08 Å². The van der Waals surface area contributed by atoms with Crippen LogP contribution in [0.5, 0.6) is 0 Å². The molecule has 0 N–H and O–H groups in total. The second kappa shape index (κ2) is 3.33. The zero-order valence-corrected chi connectivity index (χ0v) is 8.16. The number of hydrogen-bond donors (Lipinski definition) is 0. The molecule has 3 heteroatoms. The standard InChI is InChI=1S/C11H11FN2/c1-7(2)8-3-4-10-9(5-8)6-13-11(12)14-10/h3-7H,1-2H3. The van der Waals surface area contributed by atoms with Crippen molar-refractivity contribution in [2.75, 3.05) is 0 Å². The second-order valence-corrected chi connectivity index (χ2v) is 3.61. The molecule has 0 unspecified atom stereocenters. The third kappa shape index (κ3) is 1.58. The third-order valence-corrected chi connectivity index (χ3v) is 2.24. The minimum absolute atomic E-state index is 0.462. The van der Waals surface area contributed by atoms with Crippen LogP contribution in [0.4, 0.5) is 4.39 Å². The summed E-state index contributed by atoms with van der Waals surface area (Å²) >= 11 is 0. The molecule has 2 rings (SSSR count). The van der Waals surface area contributed by atoms with Crippen LogP contribution in [0.2, 0.25) is 0 Å². The van der Waals surface area contributed by atoms with Crippen LogP contribution in [-0.2, 0) is 0 Å². The number of hydrogen-bond acceptors (Lipinski definition) is 2. The highest BCUT2D eigenvalue weighted by atomic mass is 19.1. The molecule has 1 aromatic carbocycles. The molecule has 0 saturated carbocycles. The van der Waals surface area contributed by atoms with Crippen LogP contribution in [0.15, 0.2) is 24.4 Å². The first-order valence-electron chi connectivity index (χ1n) is 4.59. The molecule has 0 spiro atoms. The van der Waals surface area contributed by atoms with E-state index in [1.165, 1.54) is 11.8 Å². The summed E-state index contributed by atoms with van der Waals surface area (Å²) < 4.78 is 12.7. The van der Waals surface area contributed by atoms with E-state index in [0.29, 0.717) is 11.4 Å². The van der Waals surface area contributed by atoms with Gasteiger partial charge in [-0.25, -0.2) is 9.97 Å². The smallest absolute Gasteiger partial charge is 0.210 e. The van der Waals surface area contributed by atoms with E-state index >= 15 is 0 Å². The van der Waals surface area contributed by atoms with E-state index in [9.17, 15) is 4.39 Å². The van der Waals surface area contributed by atoms with Gasteiger partial charge in [-0.05, 0) is 23.6 Å². The van der Waals surface area contributed by atoms with Crippen molar-refractivity contribution >= 4 is 10.9 Å². The van der Waals surface area contributed by atoms with Crippen molar-refractivity contribution in [3.05, 3.63) is 36.0 Å². The van der Waals surface area contributed by atoms with Crippen LogP contribution < -0.4 is 0 Å². The largest absolute Gasteiger partial charge is 0.309 e. The molecule has 0 aliphatic carbocycles. The molecule has 2 nitrogen and oxygen atoms in total. The third-order valence-electron chi connectivity index (χ3n) is 2.24. The average Bonchev–Trinajstić information content (AvgIpc) is 2.16. The van der Waals surface area contributed by atoms with Gasteiger partial charge in [0.2, 0.25) is 0 Å². The number of benzene rings is 1. The second-order valence-electron chi connectivity index (χ2n) is 3.61. The van der Waals surface area contributed by atoms with Gasteiger partial charge in [0.25, 0.3) is 0 Å². The Morgan fingerprint density at radius 2 is 2.07 bits per heavy atom. The fraction of sp³-hybridized carbons (Fsp3) is 0.273. The lowest BCUT2D eigenvalue weighted by Crippen LogP contribution is -1.91. The number of nitrogens with zero attached hydrogens (tertiary/aromatic N) is 2. The predicted molar refractivity (Wildman–Crippen MR) is 53.6 cm³/mol. The van der Waals surface area contributed by atoms with Crippen LogP contribution >= 0.6 is 0 Å². The summed E-state index contributed by atoms with van der Waals surface area (Å²) in [6.07, 6.45) is 0.846. The van der Waals surface area contributed by atoms with Crippen LogP contribution in [0.25, 0.3) is 10.9 Å². The molecule has 0 aliphatic heterocycles. The van der Waals surface area contributed by atoms with Crippen molar-refractivity contribution in [2.24, 2.45) is 0 Å². The van der Waals surface area contributed by atoms with E-state index < -0.39 is 6.08 Å². The predicted octanol–water partition coefficient (Wildman–Crippen LogP) is 2.89.